The largest absolute Gasteiger partial charge is 0.467 e. The van der Waals surface area contributed by atoms with Crippen LogP contribution in [-0.2, 0) is 11.3 Å². The van der Waals surface area contributed by atoms with E-state index in [-0.39, 0.29) is 24.9 Å². The molecule has 0 aliphatic rings. The molecule has 0 spiro atoms. The van der Waals surface area contributed by atoms with Gasteiger partial charge in [0.1, 0.15) is 12.3 Å². The second-order valence-corrected chi connectivity index (χ2v) is 9.69. The number of carbonyl (C=O) groups is 2. The molecule has 39 heavy (non-hydrogen) atoms. The first-order valence-corrected chi connectivity index (χ1v) is 12.8. The van der Waals surface area contributed by atoms with Crippen LogP contribution in [0.2, 0.25) is 5.02 Å². The van der Waals surface area contributed by atoms with Gasteiger partial charge < -0.3 is 9.32 Å². The molecule has 3 aromatic carbocycles. The minimum absolute atomic E-state index is 0.128. The smallest absolute Gasteiger partial charge is 0.254 e. The average molecular weight is 539 g/mol. The Labute approximate surface area is 231 Å². The van der Waals surface area contributed by atoms with E-state index in [4.69, 9.17) is 21.0 Å². The van der Waals surface area contributed by atoms with Crippen molar-refractivity contribution in [2.75, 3.05) is 11.9 Å². The van der Waals surface area contributed by atoms with Gasteiger partial charge in [-0.05, 0) is 73.5 Å². The molecule has 2 aromatic heterocycles. The molecule has 8 heteroatoms. The fraction of sp³-hybridized carbons (Fsp3) is 0.129. The third-order valence-electron chi connectivity index (χ3n) is 6.44. The zero-order valence-corrected chi connectivity index (χ0v) is 22.4. The molecule has 0 saturated carbocycles. The molecule has 0 fully saturated rings. The van der Waals surface area contributed by atoms with Crippen LogP contribution in [-0.4, -0.2) is 32.8 Å². The Hall–Kier alpha value is -4.62. The number of halogens is 1. The lowest BCUT2D eigenvalue weighted by atomic mass is 10.1. The number of nitrogens with one attached hydrogen (secondary N) is 1. The van der Waals surface area contributed by atoms with E-state index in [1.54, 1.807) is 36.4 Å². The first-order chi connectivity index (χ1) is 18.9. The number of carbonyl (C=O) groups excluding carboxylic acids is 2. The standard InChI is InChI=1S/C31H27ClN4O3/c1-21-10-15-26(17-22(21)2)36-19-28(23-7-4-3-5-8-23)33-31(36)34-29(37)20-35(18-27-9-6-16-39-27)30(38)24-11-13-25(32)14-12-24/h3-17,19H,18,20H2,1-2H3,(H,33,34,37). The highest BCUT2D eigenvalue weighted by Crippen LogP contribution is 2.25. The Kier molecular flexibility index (Phi) is 7.61. The van der Waals surface area contributed by atoms with Crippen LogP contribution in [0.15, 0.2) is 102 Å². The summed E-state index contributed by atoms with van der Waals surface area (Å²) in [6.07, 6.45) is 3.43. The third kappa shape index (κ3) is 6.10. The minimum atomic E-state index is -0.390. The van der Waals surface area contributed by atoms with Crippen LogP contribution in [0.5, 0.6) is 0 Å². The lowest BCUT2D eigenvalue weighted by molar-refractivity contribution is -0.117. The first kappa shape index (κ1) is 26.0. The molecular weight excluding hydrogens is 512 g/mol. The summed E-state index contributed by atoms with van der Waals surface area (Å²) in [6.45, 7) is 4.02. The number of rotatable bonds is 8. The molecule has 0 aliphatic heterocycles. The summed E-state index contributed by atoms with van der Waals surface area (Å²) in [5.41, 5.74) is 5.22. The van der Waals surface area contributed by atoms with Crippen LogP contribution in [0.25, 0.3) is 16.9 Å². The number of imidazole rings is 1. The van der Waals surface area contributed by atoms with Gasteiger partial charge in [-0.15, -0.1) is 0 Å². The van der Waals surface area contributed by atoms with Gasteiger partial charge in [-0.1, -0.05) is 48.0 Å². The van der Waals surface area contributed by atoms with E-state index in [9.17, 15) is 9.59 Å². The van der Waals surface area contributed by atoms with Crippen LogP contribution in [0.3, 0.4) is 0 Å². The molecule has 0 radical (unpaired) electrons. The van der Waals surface area contributed by atoms with Crippen LogP contribution >= 0.6 is 11.6 Å². The highest BCUT2D eigenvalue weighted by atomic mass is 35.5. The Morgan fingerprint density at radius 3 is 2.41 bits per heavy atom. The van der Waals surface area contributed by atoms with Crippen molar-refractivity contribution < 1.29 is 14.0 Å². The van der Waals surface area contributed by atoms with Gasteiger partial charge in [0.05, 0.1) is 18.5 Å². The van der Waals surface area contributed by atoms with Crippen molar-refractivity contribution in [3.05, 3.63) is 125 Å². The molecule has 7 nitrogen and oxygen atoms in total. The molecular formula is C31H27ClN4O3. The fourth-order valence-corrected chi connectivity index (χ4v) is 4.32. The summed E-state index contributed by atoms with van der Waals surface area (Å²) < 4.78 is 7.31. The topological polar surface area (TPSA) is 80.4 Å². The van der Waals surface area contributed by atoms with Crippen molar-refractivity contribution in [1.29, 1.82) is 0 Å². The summed E-state index contributed by atoms with van der Waals surface area (Å²) in [5.74, 6) is 0.215. The van der Waals surface area contributed by atoms with Crippen LogP contribution in [0.1, 0.15) is 27.2 Å². The van der Waals surface area contributed by atoms with E-state index in [0.29, 0.717) is 28.0 Å². The summed E-state index contributed by atoms with van der Waals surface area (Å²) >= 11 is 6.00. The normalized spacial score (nSPS) is 10.8. The Bertz CT molecular complexity index is 1590. The first-order valence-electron chi connectivity index (χ1n) is 12.5. The van der Waals surface area contributed by atoms with E-state index < -0.39 is 0 Å². The number of aromatic nitrogens is 2. The van der Waals surface area contributed by atoms with Crippen LogP contribution < -0.4 is 5.32 Å². The molecule has 0 saturated heterocycles. The molecule has 2 amide bonds. The van der Waals surface area contributed by atoms with Gasteiger partial charge in [0.25, 0.3) is 5.91 Å². The molecule has 0 aliphatic carbocycles. The predicted octanol–water partition coefficient (Wildman–Crippen LogP) is 6.68. The molecule has 5 aromatic rings. The third-order valence-corrected chi connectivity index (χ3v) is 6.69. The van der Waals surface area contributed by atoms with E-state index in [2.05, 4.69) is 18.3 Å². The maximum Gasteiger partial charge on any atom is 0.254 e. The Morgan fingerprint density at radius 2 is 1.72 bits per heavy atom. The number of hydrogen-bond acceptors (Lipinski definition) is 4. The molecule has 0 atom stereocenters. The average Bonchev–Trinajstić information content (AvgIpc) is 3.61. The number of anilines is 1. The van der Waals surface area contributed by atoms with Gasteiger partial charge in [-0.3, -0.25) is 19.5 Å². The summed E-state index contributed by atoms with van der Waals surface area (Å²) in [5, 5.41) is 3.45. The van der Waals surface area contributed by atoms with Crippen LogP contribution in [0, 0.1) is 13.8 Å². The Morgan fingerprint density at radius 1 is 0.949 bits per heavy atom. The van der Waals surface area contributed by atoms with E-state index in [1.807, 2.05) is 60.2 Å². The predicted molar refractivity (Wildman–Crippen MR) is 152 cm³/mol. The quantitative estimate of drug-likeness (QED) is 0.239. The number of amides is 2. The van der Waals surface area contributed by atoms with Crippen molar-refractivity contribution in [2.45, 2.75) is 20.4 Å². The van der Waals surface area contributed by atoms with Gasteiger partial charge >= 0.3 is 0 Å². The van der Waals surface area contributed by atoms with Crippen molar-refractivity contribution >= 4 is 29.4 Å². The fourth-order valence-electron chi connectivity index (χ4n) is 4.19. The number of hydrogen-bond donors (Lipinski definition) is 1. The monoisotopic (exact) mass is 538 g/mol. The Balaban J connectivity index is 1.44. The lowest BCUT2D eigenvalue weighted by Crippen LogP contribution is -2.37. The van der Waals surface area contributed by atoms with Crippen molar-refractivity contribution in [1.82, 2.24) is 14.5 Å². The molecule has 1 N–H and O–H groups in total. The summed E-state index contributed by atoms with van der Waals surface area (Å²) in [7, 11) is 0. The van der Waals surface area contributed by atoms with E-state index >= 15 is 0 Å². The van der Waals surface area contributed by atoms with Gasteiger partial charge in [-0.2, -0.15) is 0 Å². The van der Waals surface area contributed by atoms with Gasteiger partial charge in [0, 0.05) is 28.0 Å². The SMILES string of the molecule is Cc1ccc(-n2cc(-c3ccccc3)nc2NC(=O)CN(Cc2ccco2)C(=O)c2ccc(Cl)cc2)cc1C. The second kappa shape index (κ2) is 11.4. The summed E-state index contributed by atoms with van der Waals surface area (Å²) in [6, 6.07) is 25.9. The lowest BCUT2D eigenvalue weighted by Gasteiger charge is -2.21. The van der Waals surface area contributed by atoms with E-state index in [1.165, 1.54) is 16.7 Å². The van der Waals surface area contributed by atoms with Gasteiger partial charge in [0.2, 0.25) is 11.9 Å². The zero-order valence-electron chi connectivity index (χ0n) is 21.6. The van der Waals surface area contributed by atoms with E-state index in [0.717, 1.165) is 16.8 Å². The number of nitrogens with zero attached hydrogens (tertiary/aromatic N) is 3. The van der Waals surface area contributed by atoms with Gasteiger partial charge in [-0.25, -0.2) is 4.98 Å². The number of benzene rings is 3. The molecule has 0 unspecified atom stereocenters. The maximum absolute atomic E-state index is 13.4. The second-order valence-electron chi connectivity index (χ2n) is 9.25. The highest BCUT2D eigenvalue weighted by molar-refractivity contribution is 6.30. The minimum Gasteiger partial charge on any atom is -0.467 e. The molecule has 196 valence electrons. The maximum atomic E-state index is 13.4. The molecule has 5 rings (SSSR count). The van der Waals surface area contributed by atoms with Gasteiger partial charge in [0.15, 0.2) is 0 Å². The number of furan rings is 1. The molecule has 2 heterocycles. The zero-order chi connectivity index (χ0) is 27.4. The van der Waals surface area contributed by atoms with Crippen molar-refractivity contribution in [3.63, 3.8) is 0 Å². The van der Waals surface area contributed by atoms with Crippen molar-refractivity contribution in [2.24, 2.45) is 0 Å². The highest BCUT2D eigenvalue weighted by Gasteiger charge is 2.22. The molecule has 0 bridgehead atoms. The van der Waals surface area contributed by atoms with Crippen molar-refractivity contribution in [3.8, 4) is 16.9 Å². The number of aryl methyl sites for hydroxylation is 2. The van der Waals surface area contributed by atoms with Crippen LogP contribution in [0.4, 0.5) is 5.95 Å². The summed E-state index contributed by atoms with van der Waals surface area (Å²) in [4.78, 5) is 32.9.